The molecule has 8 heteroatoms. The van der Waals surface area contributed by atoms with Crippen molar-refractivity contribution in [3.05, 3.63) is 29.3 Å². The summed E-state index contributed by atoms with van der Waals surface area (Å²) in [5.74, 6) is -5.24. The first-order valence-electron chi connectivity index (χ1n) is 9.22. The molecule has 2 heterocycles. The van der Waals surface area contributed by atoms with E-state index in [0.29, 0.717) is 36.3 Å². The standard InChI is InChI=1S/C19H24F2N4O2/c1-2-24-15-9-11(14-7-8-23-10-19(14,20)21)3-4-12(15)17(22)13-5-6-16(26)25-18(13)27/h3-4,9,13-14,22-24H,2,5-8,10H2,1H3,(H,25,26,27). The van der Waals surface area contributed by atoms with Crippen molar-refractivity contribution < 1.29 is 18.4 Å². The molecule has 2 saturated heterocycles. The first-order chi connectivity index (χ1) is 12.8. The third kappa shape index (κ3) is 4.00. The lowest BCUT2D eigenvalue weighted by Gasteiger charge is -2.32. The van der Waals surface area contributed by atoms with Crippen molar-refractivity contribution in [2.24, 2.45) is 5.92 Å². The maximum absolute atomic E-state index is 14.3. The normalized spacial score (nSPS) is 25.0. The van der Waals surface area contributed by atoms with Crippen LogP contribution in [-0.2, 0) is 9.59 Å². The van der Waals surface area contributed by atoms with Gasteiger partial charge in [0, 0.05) is 24.2 Å². The second-order valence-electron chi connectivity index (χ2n) is 7.03. The zero-order valence-corrected chi connectivity index (χ0v) is 15.2. The van der Waals surface area contributed by atoms with Crippen molar-refractivity contribution in [2.75, 3.05) is 25.0 Å². The first-order valence-corrected chi connectivity index (χ1v) is 9.22. The Kier molecular flexibility index (Phi) is 5.55. The number of alkyl halides is 2. The second kappa shape index (κ2) is 7.72. The van der Waals surface area contributed by atoms with Crippen LogP contribution in [0.2, 0.25) is 0 Å². The molecule has 0 saturated carbocycles. The Morgan fingerprint density at radius 1 is 1.33 bits per heavy atom. The highest BCUT2D eigenvalue weighted by Gasteiger charge is 2.42. The summed E-state index contributed by atoms with van der Waals surface area (Å²) in [6.45, 7) is 2.62. The molecule has 0 radical (unpaired) electrons. The van der Waals surface area contributed by atoms with Crippen LogP contribution in [0, 0.1) is 11.3 Å². The van der Waals surface area contributed by atoms with E-state index in [1.807, 2.05) is 6.92 Å². The quantitative estimate of drug-likeness (QED) is 0.467. The van der Waals surface area contributed by atoms with Crippen LogP contribution in [0.25, 0.3) is 0 Å². The Morgan fingerprint density at radius 2 is 2.11 bits per heavy atom. The highest BCUT2D eigenvalue weighted by molar-refractivity contribution is 6.17. The molecule has 27 heavy (non-hydrogen) atoms. The van der Waals surface area contributed by atoms with Crippen LogP contribution in [0.15, 0.2) is 18.2 Å². The average molecular weight is 378 g/mol. The van der Waals surface area contributed by atoms with E-state index < -0.39 is 23.7 Å². The van der Waals surface area contributed by atoms with Crippen molar-refractivity contribution in [2.45, 2.75) is 38.0 Å². The lowest BCUT2D eigenvalue weighted by Crippen LogP contribution is -2.44. The molecule has 2 unspecified atom stereocenters. The van der Waals surface area contributed by atoms with E-state index in [0.717, 1.165) is 0 Å². The maximum atomic E-state index is 14.3. The van der Waals surface area contributed by atoms with Crippen molar-refractivity contribution in [1.82, 2.24) is 10.6 Å². The van der Waals surface area contributed by atoms with Crippen LogP contribution in [-0.4, -0.2) is 43.1 Å². The van der Waals surface area contributed by atoms with Gasteiger partial charge in [-0.25, -0.2) is 8.78 Å². The second-order valence-corrected chi connectivity index (χ2v) is 7.03. The summed E-state index contributed by atoms with van der Waals surface area (Å²) in [5.41, 5.74) is 1.70. The summed E-state index contributed by atoms with van der Waals surface area (Å²) in [6.07, 6.45) is 0.806. The van der Waals surface area contributed by atoms with Crippen LogP contribution in [0.1, 0.15) is 43.2 Å². The SMILES string of the molecule is CCNc1cc(C2CCNCC2(F)F)ccc1C(=N)C1CCC(=O)NC1=O. The predicted octanol–water partition coefficient (Wildman–Crippen LogP) is 2.25. The molecule has 3 rings (SSSR count). The molecule has 2 aliphatic heterocycles. The van der Waals surface area contributed by atoms with Gasteiger partial charge in [-0.15, -0.1) is 0 Å². The van der Waals surface area contributed by atoms with Gasteiger partial charge in [0.1, 0.15) is 0 Å². The molecule has 146 valence electrons. The first kappa shape index (κ1) is 19.4. The Balaban J connectivity index is 1.91. The van der Waals surface area contributed by atoms with E-state index in [2.05, 4.69) is 16.0 Å². The van der Waals surface area contributed by atoms with Crippen LogP contribution in [0.4, 0.5) is 14.5 Å². The molecule has 4 N–H and O–H groups in total. The zero-order chi connectivity index (χ0) is 19.6. The van der Waals surface area contributed by atoms with Gasteiger partial charge in [0.15, 0.2) is 0 Å². The van der Waals surface area contributed by atoms with E-state index in [-0.39, 0.29) is 31.0 Å². The monoisotopic (exact) mass is 378 g/mol. The van der Waals surface area contributed by atoms with Gasteiger partial charge in [0.25, 0.3) is 5.92 Å². The molecular formula is C19H24F2N4O2. The number of hydrogen-bond acceptors (Lipinski definition) is 5. The van der Waals surface area contributed by atoms with Gasteiger partial charge >= 0.3 is 0 Å². The van der Waals surface area contributed by atoms with Gasteiger partial charge < -0.3 is 16.0 Å². The van der Waals surface area contributed by atoms with E-state index in [9.17, 15) is 18.4 Å². The summed E-state index contributed by atoms with van der Waals surface area (Å²) in [6, 6.07) is 4.93. The van der Waals surface area contributed by atoms with E-state index in [1.54, 1.807) is 18.2 Å². The number of piperidine rings is 2. The Hall–Kier alpha value is -2.35. The number of rotatable bonds is 5. The summed E-state index contributed by atoms with van der Waals surface area (Å²) < 4.78 is 28.6. The number of amides is 2. The Morgan fingerprint density at radius 3 is 2.78 bits per heavy atom. The van der Waals surface area contributed by atoms with Gasteiger partial charge in [-0.3, -0.25) is 14.9 Å². The number of benzene rings is 1. The minimum absolute atomic E-state index is 0.0968. The molecule has 0 aromatic heterocycles. The highest BCUT2D eigenvalue weighted by atomic mass is 19.3. The van der Waals surface area contributed by atoms with Crippen LogP contribution in [0.3, 0.4) is 0 Å². The summed E-state index contributed by atoms with van der Waals surface area (Å²) >= 11 is 0. The topological polar surface area (TPSA) is 94.1 Å². The molecule has 2 amide bonds. The molecule has 1 aromatic rings. The third-order valence-electron chi connectivity index (χ3n) is 5.17. The molecule has 0 aliphatic carbocycles. The van der Waals surface area contributed by atoms with Crippen molar-refractivity contribution in [1.29, 1.82) is 5.41 Å². The number of halogens is 2. The van der Waals surface area contributed by atoms with Gasteiger partial charge in [-0.1, -0.05) is 12.1 Å². The largest absolute Gasteiger partial charge is 0.385 e. The summed E-state index contributed by atoms with van der Waals surface area (Å²) in [7, 11) is 0. The van der Waals surface area contributed by atoms with Crippen LogP contribution < -0.4 is 16.0 Å². The fourth-order valence-electron chi connectivity index (χ4n) is 3.75. The molecule has 6 nitrogen and oxygen atoms in total. The fraction of sp³-hybridized carbons (Fsp3) is 0.526. The summed E-state index contributed by atoms with van der Waals surface area (Å²) in [4.78, 5) is 23.4. The molecule has 0 spiro atoms. The number of imide groups is 1. The number of nitrogens with one attached hydrogen (secondary N) is 4. The lowest BCUT2D eigenvalue weighted by atomic mass is 9.84. The van der Waals surface area contributed by atoms with Crippen LogP contribution >= 0.6 is 0 Å². The fourth-order valence-corrected chi connectivity index (χ4v) is 3.75. The molecular weight excluding hydrogens is 354 g/mol. The third-order valence-corrected chi connectivity index (χ3v) is 5.17. The van der Waals surface area contributed by atoms with Gasteiger partial charge in [-0.2, -0.15) is 0 Å². The Labute approximate surface area is 156 Å². The van der Waals surface area contributed by atoms with Crippen molar-refractivity contribution in [3.8, 4) is 0 Å². The maximum Gasteiger partial charge on any atom is 0.267 e. The molecule has 2 aliphatic rings. The van der Waals surface area contributed by atoms with E-state index in [1.165, 1.54) is 0 Å². The van der Waals surface area contributed by atoms with Crippen molar-refractivity contribution in [3.63, 3.8) is 0 Å². The molecule has 2 atom stereocenters. The van der Waals surface area contributed by atoms with E-state index in [4.69, 9.17) is 5.41 Å². The molecule has 0 bridgehead atoms. The minimum atomic E-state index is -2.83. The van der Waals surface area contributed by atoms with Crippen molar-refractivity contribution >= 4 is 23.2 Å². The Bertz CT molecular complexity index is 766. The minimum Gasteiger partial charge on any atom is -0.385 e. The summed E-state index contributed by atoms with van der Waals surface area (Å²) in [5, 5.41) is 16.6. The van der Waals surface area contributed by atoms with Gasteiger partial charge in [0.2, 0.25) is 11.8 Å². The number of carbonyl (C=O) groups is 2. The average Bonchev–Trinajstić information content (AvgIpc) is 2.61. The number of hydrogen-bond donors (Lipinski definition) is 4. The van der Waals surface area contributed by atoms with Gasteiger partial charge in [-0.05, 0) is 37.9 Å². The van der Waals surface area contributed by atoms with Gasteiger partial charge in [0.05, 0.1) is 24.1 Å². The smallest absolute Gasteiger partial charge is 0.267 e. The van der Waals surface area contributed by atoms with Crippen LogP contribution in [0.5, 0.6) is 0 Å². The molecule has 1 aromatic carbocycles. The van der Waals surface area contributed by atoms with E-state index >= 15 is 0 Å². The zero-order valence-electron chi connectivity index (χ0n) is 15.2. The molecule has 2 fully saturated rings. The number of carbonyl (C=O) groups excluding carboxylic acids is 2. The lowest BCUT2D eigenvalue weighted by molar-refractivity contribution is -0.134. The highest BCUT2D eigenvalue weighted by Crippen LogP contribution is 2.39. The predicted molar refractivity (Wildman–Crippen MR) is 98.5 cm³/mol. The number of anilines is 1.